The van der Waals surface area contributed by atoms with Gasteiger partial charge in [0, 0.05) is 12.6 Å². The molecule has 1 aliphatic carbocycles. The minimum absolute atomic E-state index is 0.319. The van der Waals surface area contributed by atoms with Gasteiger partial charge in [-0.3, -0.25) is 4.90 Å². The molecule has 3 nitrogen and oxygen atoms in total. The van der Waals surface area contributed by atoms with E-state index in [1.54, 1.807) is 6.26 Å². The van der Waals surface area contributed by atoms with Crippen molar-refractivity contribution < 1.29 is 4.42 Å². The van der Waals surface area contributed by atoms with E-state index in [1.807, 2.05) is 6.07 Å². The van der Waals surface area contributed by atoms with Gasteiger partial charge in [-0.05, 0) is 50.9 Å². The Morgan fingerprint density at radius 2 is 2.26 bits per heavy atom. The van der Waals surface area contributed by atoms with Crippen LogP contribution >= 0.6 is 0 Å². The van der Waals surface area contributed by atoms with E-state index in [0.717, 1.165) is 12.3 Å². The van der Waals surface area contributed by atoms with Crippen molar-refractivity contribution in [2.75, 3.05) is 20.6 Å². The largest absolute Gasteiger partial charge is 0.468 e. The molecule has 0 aromatic carbocycles. The van der Waals surface area contributed by atoms with E-state index in [0.29, 0.717) is 17.5 Å². The molecular weight excluding hydrogens is 236 g/mol. The van der Waals surface area contributed by atoms with Crippen LogP contribution in [0.2, 0.25) is 0 Å². The van der Waals surface area contributed by atoms with Gasteiger partial charge in [-0.1, -0.05) is 20.3 Å². The molecule has 3 heteroatoms. The average Bonchev–Trinajstić information content (AvgIpc) is 2.81. The fourth-order valence-electron chi connectivity index (χ4n) is 3.17. The summed E-state index contributed by atoms with van der Waals surface area (Å²) in [5, 5.41) is 3.75. The second kappa shape index (κ2) is 6.10. The lowest BCUT2D eigenvalue weighted by Crippen LogP contribution is -2.41. The Morgan fingerprint density at radius 1 is 1.47 bits per heavy atom. The molecule has 1 aromatic rings. The Balaban J connectivity index is 1.89. The Hall–Kier alpha value is -0.800. The molecule has 0 aliphatic heterocycles. The molecule has 1 fully saturated rings. The van der Waals surface area contributed by atoms with Crippen molar-refractivity contribution >= 4 is 0 Å². The first-order chi connectivity index (χ1) is 8.98. The lowest BCUT2D eigenvalue weighted by atomic mass is 9.75. The second-order valence-corrected chi connectivity index (χ2v) is 6.86. The highest BCUT2D eigenvalue weighted by Gasteiger charge is 2.28. The Morgan fingerprint density at radius 3 is 2.84 bits per heavy atom. The monoisotopic (exact) mass is 264 g/mol. The van der Waals surface area contributed by atoms with Crippen molar-refractivity contribution in [3.8, 4) is 0 Å². The fraction of sp³-hybridized carbons (Fsp3) is 0.750. The smallest absolute Gasteiger partial charge is 0.122 e. The molecule has 19 heavy (non-hydrogen) atoms. The maximum atomic E-state index is 5.56. The molecular formula is C16H28N2O. The van der Waals surface area contributed by atoms with Crippen LogP contribution < -0.4 is 5.32 Å². The highest BCUT2D eigenvalue weighted by Crippen LogP contribution is 2.35. The van der Waals surface area contributed by atoms with Crippen LogP contribution in [0.3, 0.4) is 0 Å². The third-order valence-electron chi connectivity index (χ3n) is 4.30. The molecule has 0 saturated heterocycles. The minimum Gasteiger partial charge on any atom is -0.468 e. The van der Waals surface area contributed by atoms with Crippen LogP contribution in [0.5, 0.6) is 0 Å². The van der Waals surface area contributed by atoms with Gasteiger partial charge in [-0.2, -0.15) is 0 Å². The van der Waals surface area contributed by atoms with Gasteiger partial charge in [0.05, 0.1) is 12.3 Å². The van der Waals surface area contributed by atoms with E-state index in [4.69, 9.17) is 4.42 Å². The third kappa shape index (κ3) is 4.08. The zero-order valence-electron chi connectivity index (χ0n) is 12.8. The molecule has 2 atom stereocenters. The Bertz CT molecular complexity index is 370. The SMILES string of the molecule is CN(C)C(CNC1CCCC(C)(C)C1)c1ccco1. The normalized spacial score (nSPS) is 24.6. The Labute approximate surface area is 117 Å². The second-order valence-electron chi connectivity index (χ2n) is 6.86. The van der Waals surface area contributed by atoms with Gasteiger partial charge in [-0.25, -0.2) is 0 Å². The van der Waals surface area contributed by atoms with Crippen molar-refractivity contribution in [2.45, 2.75) is 51.6 Å². The number of hydrogen-bond acceptors (Lipinski definition) is 3. The predicted octanol–water partition coefficient (Wildman–Crippen LogP) is 3.44. The van der Waals surface area contributed by atoms with Gasteiger partial charge in [0.15, 0.2) is 0 Å². The van der Waals surface area contributed by atoms with E-state index in [1.165, 1.54) is 25.7 Å². The van der Waals surface area contributed by atoms with Crippen molar-refractivity contribution in [3.05, 3.63) is 24.2 Å². The van der Waals surface area contributed by atoms with E-state index in [2.05, 4.69) is 44.2 Å². The molecule has 2 rings (SSSR count). The van der Waals surface area contributed by atoms with Gasteiger partial charge in [0.2, 0.25) is 0 Å². The van der Waals surface area contributed by atoms with E-state index >= 15 is 0 Å². The number of likely N-dealkylation sites (N-methyl/N-ethyl adjacent to an activating group) is 1. The summed E-state index contributed by atoms with van der Waals surface area (Å²) < 4.78 is 5.56. The topological polar surface area (TPSA) is 28.4 Å². The van der Waals surface area contributed by atoms with Crippen molar-refractivity contribution in [2.24, 2.45) is 5.41 Å². The summed E-state index contributed by atoms with van der Waals surface area (Å²) >= 11 is 0. The van der Waals surface area contributed by atoms with Gasteiger partial charge in [-0.15, -0.1) is 0 Å². The summed E-state index contributed by atoms with van der Waals surface area (Å²) in [6.07, 6.45) is 7.06. The van der Waals surface area contributed by atoms with Crippen LogP contribution in [0.1, 0.15) is 51.3 Å². The average molecular weight is 264 g/mol. The van der Waals surface area contributed by atoms with Gasteiger partial charge in [0.1, 0.15) is 5.76 Å². The number of furan rings is 1. The molecule has 2 unspecified atom stereocenters. The number of nitrogens with one attached hydrogen (secondary N) is 1. The standard InChI is InChI=1S/C16H28N2O/c1-16(2)9-5-7-13(11-16)17-12-14(18(3)4)15-8-6-10-19-15/h6,8,10,13-14,17H,5,7,9,11-12H2,1-4H3. The Kier molecular flexibility index (Phi) is 4.69. The number of nitrogens with zero attached hydrogens (tertiary/aromatic N) is 1. The number of hydrogen-bond donors (Lipinski definition) is 1. The molecule has 1 heterocycles. The third-order valence-corrected chi connectivity index (χ3v) is 4.30. The van der Waals surface area contributed by atoms with Crippen LogP contribution in [0.25, 0.3) is 0 Å². The summed E-state index contributed by atoms with van der Waals surface area (Å²) in [4.78, 5) is 2.22. The summed E-state index contributed by atoms with van der Waals surface area (Å²) in [7, 11) is 4.22. The van der Waals surface area contributed by atoms with E-state index < -0.39 is 0 Å². The number of rotatable bonds is 5. The molecule has 0 amide bonds. The first-order valence-corrected chi connectivity index (χ1v) is 7.41. The molecule has 1 aromatic heterocycles. The fourth-order valence-corrected chi connectivity index (χ4v) is 3.17. The lowest BCUT2D eigenvalue weighted by Gasteiger charge is -2.36. The van der Waals surface area contributed by atoms with Crippen LogP contribution in [-0.4, -0.2) is 31.6 Å². The van der Waals surface area contributed by atoms with Gasteiger partial charge in [0.25, 0.3) is 0 Å². The van der Waals surface area contributed by atoms with Crippen molar-refractivity contribution in [3.63, 3.8) is 0 Å². The maximum absolute atomic E-state index is 5.56. The molecule has 1 saturated carbocycles. The first kappa shape index (κ1) is 14.6. The molecule has 108 valence electrons. The summed E-state index contributed by atoms with van der Waals surface area (Å²) in [5.74, 6) is 1.05. The van der Waals surface area contributed by atoms with Crippen LogP contribution in [0, 0.1) is 5.41 Å². The zero-order chi connectivity index (χ0) is 13.9. The molecule has 0 spiro atoms. The van der Waals surface area contributed by atoms with Crippen LogP contribution in [0.15, 0.2) is 22.8 Å². The molecule has 1 N–H and O–H groups in total. The van der Waals surface area contributed by atoms with Crippen molar-refractivity contribution in [1.29, 1.82) is 0 Å². The minimum atomic E-state index is 0.319. The van der Waals surface area contributed by atoms with Gasteiger partial charge >= 0.3 is 0 Å². The summed E-state index contributed by atoms with van der Waals surface area (Å²) in [6.45, 7) is 5.73. The predicted molar refractivity (Wildman–Crippen MR) is 79.2 cm³/mol. The van der Waals surface area contributed by atoms with Crippen LogP contribution in [0.4, 0.5) is 0 Å². The lowest BCUT2D eigenvalue weighted by molar-refractivity contribution is 0.180. The van der Waals surface area contributed by atoms with E-state index in [-0.39, 0.29) is 0 Å². The molecule has 0 bridgehead atoms. The van der Waals surface area contributed by atoms with Crippen LogP contribution in [-0.2, 0) is 0 Å². The zero-order valence-corrected chi connectivity index (χ0v) is 12.8. The highest BCUT2D eigenvalue weighted by molar-refractivity contribution is 5.05. The van der Waals surface area contributed by atoms with Crippen molar-refractivity contribution in [1.82, 2.24) is 10.2 Å². The first-order valence-electron chi connectivity index (χ1n) is 7.41. The highest BCUT2D eigenvalue weighted by atomic mass is 16.3. The van der Waals surface area contributed by atoms with Gasteiger partial charge < -0.3 is 9.73 Å². The quantitative estimate of drug-likeness (QED) is 0.883. The molecule has 0 radical (unpaired) electrons. The maximum Gasteiger partial charge on any atom is 0.122 e. The summed E-state index contributed by atoms with van der Waals surface area (Å²) in [5.41, 5.74) is 0.494. The molecule has 1 aliphatic rings. The summed E-state index contributed by atoms with van der Waals surface area (Å²) in [6, 6.07) is 5.01. The van der Waals surface area contributed by atoms with E-state index in [9.17, 15) is 0 Å².